The van der Waals surface area contributed by atoms with Crippen molar-refractivity contribution in [2.75, 3.05) is 11.8 Å². The molecule has 0 bridgehead atoms. The molecule has 20 heavy (non-hydrogen) atoms. The summed E-state index contributed by atoms with van der Waals surface area (Å²) in [5.74, 6) is 0.567. The van der Waals surface area contributed by atoms with E-state index in [1.165, 1.54) is 25.3 Å². The van der Waals surface area contributed by atoms with Crippen LogP contribution >= 0.6 is 0 Å². The zero-order chi connectivity index (χ0) is 14.6. The molecule has 0 aliphatic rings. The second-order valence-electron chi connectivity index (χ2n) is 3.99. The van der Waals surface area contributed by atoms with E-state index in [0.29, 0.717) is 12.0 Å². The summed E-state index contributed by atoms with van der Waals surface area (Å²) < 4.78 is 31.8. The summed E-state index contributed by atoms with van der Waals surface area (Å²) in [5, 5.41) is 0. The maximum atomic E-state index is 12.2. The van der Waals surface area contributed by atoms with Crippen molar-refractivity contribution in [3.8, 4) is 5.75 Å². The Balaban J connectivity index is 2.33. The Hall–Kier alpha value is -2.34. The van der Waals surface area contributed by atoms with Gasteiger partial charge in [0, 0.05) is 5.56 Å². The summed E-state index contributed by atoms with van der Waals surface area (Å²) in [5.41, 5.74) is 0.530. The first-order valence-corrected chi connectivity index (χ1v) is 7.26. The normalized spacial score (nSPS) is 10.8. The standard InChI is InChI=1S/C14H13NO4S/c1-19-12-6-8-13(9-7-12)20(17,18)15-14-5-3-2-4-11(14)10-16/h2-10,15H,1H3. The van der Waals surface area contributed by atoms with Crippen LogP contribution in [0.3, 0.4) is 0 Å². The fourth-order valence-corrected chi connectivity index (χ4v) is 2.74. The minimum absolute atomic E-state index is 0.0963. The van der Waals surface area contributed by atoms with Crippen LogP contribution in [-0.2, 0) is 10.0 Å². The maximum Gasteiger partial charge on any atom is 0.261 e. The Labute approximate surface area is 117 Å². The Kier molecular flexibility index (Phi) is 4.05. The smallest absolute Gasteiger partial charge is 0.261 e. The lowest BCUT2D eigenvalue weighted by Gasteiger charge is -2.10. The van der Waals surface area contributed by atoms with Gasteiger partial charge in [0.15, 0.2) is 6.29 Å². The van der Waals surface area contributed by atoms with E-state index in [1.807, 2.05) is 0 Å². The van der Waals surface area contributed by atoms with Gasteiger partial charge in [-0.15, -0.1) is 0 Å². The van der Waals surface area contributed by atoms with Gasteiger partial charge in [0.2, 0.25) is 0 Å². The topological polar surface area (TPSA) is 72.5 Å². The second kappa shape index (κ2) is 5.75. The third-order valence-electron chi connectivity index (χ3n) is 2.70. The fraction of sp³-hybridized carbons (Fsp3) is 0.0714. The molecular formula is C14H13NO4S. The van der Waals surface area contributed by atoms with E-state index in [0.717, 1.165) is 0 Å². The minimum atomic E-state index is -3.74. The van der Waals surface area contributed by atoms with Crippen molar-refractivity contribution in [2.24, 2.45) is 0 Å². The molecule has 0 aromatic heterocycles. The SMILES string of the molecule is COc1ccc(S(=O)(=O)Nc2ccccc2C=O)cc1. The first-order valence-electron chi connectivity index (χ1n) is 5.78. The van der Waals surface area contributed by atoms with Crippen LogP contribution in [0, 0.1) is 0 Å². The van der Waals surface area contributed by atoms with Crippen LogP contribution in [0.5, 0.6) is 5.75 Å². The summed E-state index contributed by atoms with van der Waals surface area (Å²) in [6.07, 6.45) is 0.603. The predicted molar refractivity (Wildman–Crippen MR) is 75.6 cm³/mol. The van der Waals surface area contributed by atoms with Gasteiger partial charge in [-0.05, 0) is 36.4 Å². The van der Waals surface area contributed by atoms with Crippen molar-refractivity contribution in [3.63, 3.8) is 0 Å². The van der Waals surface area contributed by atoms with E-state index >= 15 is 0 Å². The third kappa shape index (κ3) is 2.97. The molecule has 0 aliphatic carbocycles. The highest BCUT2D eigenvalue weighted by Crippen LogP contribution is 2.20. The van der Waals surface area contributed by atoms with E-state index in [1.54, 1.807) is 30.3 Å². The number of sulfonamides is 1. The molecule has 2 aromatic rings. The number of anilines is 1. The van der Waals surface area contributed by atoms with Gasteiger partial charge < -0.3 is 4.74 Å². The van der Waals surface area contributed by atoms with Crippen molar-refractivity contribution in [1.82, 2.24) is 0 Å². The Morgan fingerprint density at radius 2 is 1.70 bits per heavy atom. The molecule has 2 aromatic carbocycles. The number of ether oxygens (including phenoxy) is 1. The first kappa shape index (κ1) is 14.1. The molecule has 0 amide bonds. The van der Waals surface area contributed by atoms with Gasteiger partial charge >= 0.3 is 0 Å². The Bertz CT molecular complexity index is 708. The Morgan fingerprint density at radius 1 is 1.05 bits per heavy atom. The van der Waals surface area contributed by atoms with Crippen LogP contribution < -0.4 is 9.46 Å². The summed E-state index contributed by atoms with van der Waals surface area (Å²) in [6.45, 7) is 0. The average Bonchev–Trinajstić information content (AvgIpc) is 2.47. The van der Waals surface area contributed by atoms with Crippen LogP contribution in [-0.4, -0.2) is 21.8 Å². The summed E-state index contributed by atoms with van der Waals surface area (Å²) in [7, 11) is -2.23. The minimum Gasteiger partial charge on any atom is -0.497 e. The molecular weight excluding hydrogens is 278 g/mol. The van der Waals surface area contributed by atoms with Gasteiger partial charge in [0.1, 0.15) is 5.75 Å². The monoisotopic (exact) mass is 291 g/mol. The van der Waals surface area contributed by atoms with Gasteiger partial charge in [0.05, 0.1) is 17.7 Å². The number of hydrogen-bond donors (Lipinski definition) is 1. The molecule has 5 nitrogen and oxygen atoms in total. The van der Waals surface area contributed by atoms with E-state index in [2.05, 4.69) is 4.72 Å². The molecule has 6 heteroatoms. The molecule has 2 rings (SSSR count). The van der Waals surface area contributed by atoms with Crippen LogP contribution in [0.2, 0.25) is 0 Å². The summed E-state index contributed by atoms with van der Waals surface area (Å²) >= 11 is 0. The molecule has 0 spiro atoms. The first-order chi connectivity index (χ1) is 9.56. The molecule has 0 unspecified atom stereocenters. The number of para-hydroxylation sites is 1. The fourth-order valence-electron chi connectivity index (χ4n) is 1.65. The van der Waals surface area contributed by atoms with Crippen LogP contribution in [0.25, 0.3) is 0 Å². The van der Waals surface area contributed by atoms with Gasteiger partial charge in [-0.2, -0.15) is 0 Å². The number of methoxy groups -OCH3 is 1. The van der Waals surface area contributed by atoms with Crippen molar-refractivity contribution >= 4 is 22.0 Å². The predicted octanol–water partition coefficient (Wildman–Crippen LogP) is 2.31. The van der Waals surface area contributed by atoms with Crippen LogP contribution in [0.1, 0.15) is 10.4 Å². The molecule has 1 N–H and O–H groups in total. The summed E-state index contributed by atoms with van der Waals surface area (Å²) in [4.78, 5) is 11.0. The number of nitrogens with one attached hydrogen (secondary N) is 1. The molecule has 104 valence electrons. The largest absolute Gasteiger partial charge is 0.497 e. The second-order valence-corrected chi connectivity index (χ2v) is 5.67. The van der Waals surface area contributed by atoms with Crippen molar-refractivity contribution < 1.29 is 17.9 Å². The molecule has 0 fully saturated rings. The van der Waals surface area contributed by atoms with Gasteiger partial charge in [-0.3, -0.25) is 9.52 Å². The van der Waals surface area contributed by atoms with Crippen LogP contribution in [0.15, 0.2) is 53.4 Å². The molecule has 0 heterocycles. The summed E-state index contributed by atoms with van der Waals surface area (Å²) in [6, 6.07) is 12.4. The van der Waals surface area contributed by atoms with Crippen molar-refractivity contribution in [1.29, 1.82) is 0 Å². The van der Waals surface area contributed by atoms with E-state index < -0.39 is 10.0 Å². The number of aldehydes is 1. The number of benzene rings is 2. The highest BCUT2D eigenvalue weighted by atomic mass is 32.2. The lowest BCUT2D eigenvalue weighted by Crippen LogP contribution is -2.14. The average molecular weight is 291 g/mol. The molecule has 0 saturated carbocycles. The molecule has 0 radical (unpaired) electrons. The lowest BCUT2D eigenvalue weighted by atomic mass is 10.2. The number of hydrogen-bond acceptors (Lipinski definition) is 4. The van der Waals surface area contributed by atoms with E-state index in [4.69, 9.17) is 4.74 Å². The molecule has 0 atom stereocenters. The van der Waals surface area contributed by atoms with Crippen molar-refractivity contribution in [2.45, 2.75) is 4.90 Å². The highest BCUT2D eigenvalue weighted by Gasteiger charge is 2.15. The highest BCUT2D eigenvalue weighted by molar-refractivity contribution is 7.92. The molecule has 0 saturated heterocycles. The van der Waals surface area contributed by atoms with Crippen LogP contribution in [0.4, 0.5) is 5.69 Å². The lowest BCUT2D eigenvalue weighted by molar-refractivity contribution is 0.112. The van der Waals surface area contributed by atoms with Gasteiger partial charge in [-0.1, -0.05) is 12.1 Å². The van der Waals surface area contributed by atoms with Gasteiger partial charge in [-0.25, -0.2) is 8.42 Å². The zero-order valence-electron chi connectivity index (χ0n) is 10.7. The third-order valence-corrected chi connectivity index (χ3v) is 4.08. The number of carbonyl (C=O) groups is 1. The van der Waals surface area contributed by atoms with E-state index in [9.17, 15) is 13.2 Å². The Morgan fingerprint density at radius 3 is 2.30 bits per heavy atom. The quantitative estimate of drug-likeness (QED) is 0.858. The van der Waals surface area contributed by atoms with Crippen molar-refractivity contribution in [3.05, 3.63) is 54.1 Å². The number of rotatable bonds is 5. The maximum absolute atomic E-state index is 12.2. The number of carbonyl (C=O) groups excluding carboxylic acids is 1. The zero-order valence-corrected chi connectivity index (χ0v) is 11.6. The van der Waals surface area contributed by atoms with Gasteiger partial charge in [0.25, 0.3) is 10.0 Å². The molecule has 0 aliphatic heterocycles. The van der Waals surface area contributed by atoms with E-state index in [-0.39, 0.29) is 16.1 Å².